The van der Waals surface area contributed by atoms with Crippen LogP contribution in [0.3, 0.4) is 0 Å². The summed E-state index contributed by atoms with van der Waals surface area (Å²) in [5, 5.41) is 1.48. The van der Waals surface area contributed by atoms with Crippen LogP contribution >= 0.6 is 11.6 Å². The van der Waals surface area contributed by atoms with Gasteiger partial charge < -0.3 is 9.72 Å². The minimum absolute atomic E-state index is 0.319. The van der Waals surface area contributed by atoms with Gasteiger partial charge in [-0.25, -0.2) is 4.79 Å². The SMILES string of the molecule is COC(=O)N1CCc2c([nH]c3ccc(Cl)cc23)C1c1cccc(C(F)(F)F)c1. The number of rotatable bonds is 1. The highest BCUT2D eigenvalue weighted by Gasteiger charge is 2.37. The Morgan fingerprint density at radius 1 is 1.25 bits per heavy atom. The topological polar surface area (TPSA) is 45.3 Å². The van der Waals surface area contributed by atoms with Crippen molar-refractivity contribution < 1.29 is 22.7 Å². The Morgan fingerprint density at radius 2 is 2.04 bits per heavy atom. The lowest BCUT2D eigenvalue weighted by Crippen LogP contribution is -2.40. The number of alkyl halides is 3. The van der Waals surface area contributed by atoms with Gasteiger partial charge in [0.1, 0.15) is 6.04 Å². The van der Waals surface area contributed by atoms with Crippen LogP contribution in [0.25, 0.3) is 10.9 Å². The number of benzene rings is 2. The molecule has 0 radical (unpaired) electrons. The lowest BCUT2D eigenvalue weighted by molar-refractivity contribution is -0.137. The van der Waals surface area contributed by atoms with Crippen LogP contribution in [0.1, 0.15) is 28.4 Å². The Kier molecular flexibility index (Phi) is 4.50. The van der Waals surface area contributed by atoms with E-state index in [0.717, 1.165) is 28.6 Å². The van der Waals surface area contributed by atoms with Crippen molar-refractivity contribution in [3.63, 3.8) is 0 Å². The van der Waals surface area contributed by atoms with E-state index in [1.807, 2.05) is 12.1 Å². The van der Waals surface area contributed by atoms with Crippen LogP contribution in [-0.2, 0) is 17.3 Å². The fraction of sp³-hybridized carbons (Fsp3) is 0.250. The quantitative estimate of drug-likeness (QED) is 0.573. The fourth-order valence-electron chi connectivity index (χ4n) is 3.81. The molecule has 2 aromatic carbocycles. The summed E-state index contributed by atoms with van der Waals surface area (Å²) in [5.74, 6) is 0. The predicted molar refractivity (Wildman–Crippen MR) is 99.4 cm³/mol. The molecule has 1 aromatic heterocycles. The number of carbonyl (C=O) groups is 1. The predicted octanol–water partition coefficient (Wildman–Crippen LogP) is 5.55. The standard InChI is InChI=1S/C20H16ClF3N2O2/c1-28-19(27)26-8-7-14-15-10-13(21)5-6-16(15)25-17(14)18(26)11-3-2-4-12(9-11)20(22,23)24/h2-6,9-10,18,25H,7-8H2,1H3. The van der Waals surface area contributed by atoms with Crippen LogP contribution in [0, 0.1) is 0 Å². The molecule has 0 saturated heterocycles. The van der Waals surface area contributed by atoms with Gasteiger partial charge in [0.15, 0.2) is 0 Å². The van der Waals surface area contributed by atoms with E-state index < -0.39 is 23.9 Å². The van der Waals surface area contributed by atoms with Gasteiger partial charge in [-0.05, 0) is 47.9 Å². The van der Waals surface area contributed by atoms with Crippen molar-refractivity contribution in [2.24, 2.45) is 0 Å². The normalized spacial score (nSPS) is 16.9. The van der Waals surface area contributed by atoms with E-state index in [4.69, 9.17) is 16.3 Å². The largest absolute Gasteiger partial charge is 0.453 e. The zero-order valence-corrected chi connectivity index (χ0v) is 15.6. The number of H-pyrrole nitrogens is 1. The highest BCUT2D eigenvalue weighted by Crippen LogP contribution is 2.40. The first-order valence-corrected chi connectivity index (χ1v) is 8.99. The van der Waals surface area contributed by atoms with Crippen molar-refractivity contribution in [3.05, 3.63) is 69.9 Å². The van der Waals surface area contributed by atoms with Gasteiger partial charge in [-0.15, -0.1) is 0 Å². The first-order valence-electron chi connectivity index (χ1n) is 8.61. The summed E-state index contributed by atoms with van der Waals surface area (Å²) in [5.41, 5.74) is 2.03. The van der Waals surface area contributed by atoms with Crippen molar-refractivity contribution in [1.82, 2.24) is 9.88 Å². The van der Waals surface area contributed by atoms with Gasteiger partial charge in [-0.2, -0.15) is 13.2 Å². The number of ether oxygens (including phenoxy) is 1. The zero-order valence-electron chi connectivity index (χ0n) is 14.8. The van der Waals surface area contributed by atoms with E-state index in [0.29, 0.717) is 29.2 Å². The van der Waals surface area contributed by atoms with E-state index in [1.54, 1.807) is 12.1 Å². The molecule has 1 N–H and O–H groups in total. The summed E-state index contributed by atoms with van der Waals surface area (Å²) in [7, 11) is 1.26. The van der Waals surface area contributed by atoms with E-state index in [2.05, 4.69) is 4.98 Å². The van der Waals surface area contributed by atoms with Crippen LogP contribution in [0.5, 0.6) is 0 Å². The first kappa shape index (κ1) is 18.7. The van der Waals surface area contributed by atoms with Crippen LogP contribution in [-0.4, -0.2) is 29.6 Å². The number of fused-ring (bicyclic) bond motifs is 3. The molecule has 1 amide bonds. The smallest absolute Gasteiger partial charge is 0.416 e. The molecule has 28 heavy (non-hydrogen) atoms. The van der Waals surface area contributed by atoms with E-state index in [-0.39, 0.29) is 0 Å². The molecule has 1 unspecified atom stereocenters. The maximum absolute atomic E-state index is 13.2. The summed E-state index contributed by atoms with van der Waals surface area (Å²) >= 11 is 6.12. The molecule has 2 heterocycles. The van der Waals surface area contributed by atoms with Crippen LogP contribution in [0.2, 0.25) is 5.02 Å². The number of hydrogen-bond acceptors (Lipinski definition) is 2. The average molecular weight is 409 g/mol. The summed E-state index contributed by atoms with van der Waals surface area (Å²) < 4.78 is 44.6. The number of nitrogens with one attached hydrogen (secondary N) is 1. The van der Waals surface area contributed by atoms with Crippen LogP contribution < -0.4 is 0 Å². The molecule has 4 nitrogen and oxygen atoms in total. The summed E-state index contributed by atoms with van der Waals surface area (Å²) in [6, 6.07) is 9.69. The number of hydrogen-bond donors (Lipinski definition) is 1. The third-order valence-corrected chi connectivity index (χ3v) is 5.26. The van der Waals surface area contributed by atoms with Crippen LogP contribution in [0.4, 0.5) is 18.0 Å². The van der Waals surface area contributed by atoms with E-state index in [1.165, 1.54) is 18.1 Å². The van der Waals surface area contributed by atoms with Gasteiger partial charge in [0.25, 0.3) is 0 Å². The van der Waals surface area contributed by atoms with Crippen molar-refractivity contribution >= 4 is 28.6 Å². The molecule has 4 rings (SSSR count). The van der Waals surface area contributed by atoms with Gasteiger partial charge >= 0.3 is 12.3 Å². The minimum atomic E-state index is -4.47. The molecule has 0 fully saturated rings. The van der Waals surface area contributed by atoms with E-state index in [9.17, 15) is 18.0 Å². The number of amides is 1. The fourth-order valence-corrected chi connectivity index (χ4v) is 3.98. The van der Waals surface area contributed by atoms with Gasteiger partial charge in [-0.3, -0.25) is 4.90 Å². The number of carbonyl (C=O) groups excluding carboxylic acids is 1. The first-order chi connectivity index (χ1) is 13.3. The Balaban J connectivity index is 1.92. The second-order valence-electron chi connectivity index (χ2n) is 6.65. The second kappa shape index (κ2) is 6.74. The maximum Gasteiger partial charge on any atom is 0.416 e. The summed E-state index contributed by atoms with van der Waals surface area (Å²) in [6.07, 6.45) is -4.53. The summed E-state index contributed by atoms with van der Waals surface area (Å²) in [6.45, 7) is 0.319. The lowest BCUT2D eigenvalue weighted by Gasteiger charge is -2.35. The van der Waals surface area contributed by atoms with Gasteiger partial charge in [0.2, 0.25) is 0 Å². The Labute approximate surface area is 163 Å². The molecular weight excluding hydrogens is 393 g/mol. The van der Waals surface area contributed by atoms with Gasteiger partial charge in [-0.1, -0.05) is 23.7 Å². The number of nitrogens with zero attached hydrogens (tertiary/aromatic N) is 1. The van der Waals surface area contributed by atoms with Crippen molar-refractivity contribution in [3.8, 4) is 0 Å². The zero-order chi connectivity index (χ0) is 20.1. The average Bonchev–Trinajstić information content (AvgIpc) is 3.03. The molecule has 1 aliphatic rings. The number of methoxy groups -OCH3 is 1. The highest BCUT2D eigenvalue weighted by atomic mass is 35.5. The molecule has 1 aliphatic heterocycles. The Morgan fingerprint density at radius 3 is 2.75 bits per heavy atom. The molecule has 146 valence electrons. The number of aromatic amines is 1. The highest BCUT2D eigenvalue weighted by molar-refractivity contribution is 6.31. The number of aromatic nitrogens is 1. The van der Waals surface area contributed by atoms with E-state index >= 15 is 0 Å². The second-order valence-corrected chi connectivity index (χ2v) is 7.08. The van der Waals surface area contributed by atoms with Gasteiger partial charge in [0, 0.05) is 28.2 Å². The van der Waals surface area contributed by atoms with Crippen molar-refractivity contribution in [2.45, 2.75) is 18.6 Å². The molecular formula is C20H16ClF3N2O2. The molecule has 3 aromatic rings. The molecule has 8 heteroatoms. The monoisotopic (exact) mass is 408 g/mol. The number of halogens is 4. The van der Waals surface area contributed by atoms with Gasteiger partial charge in [0.05, 0.1) is 12.7 Å². The van der Waals surface area contributed by atoms with Crippen molar-refractivity contribution in [2.75, 3.05) is 13.7 Å². The third kappa shape index (κ3) is 3.09. The third-order valence-electron chi connectivity index (χ3n) is 5.03. The molecule has 0 spiro atoms. The lowest BCUT2D eigenvalue weighted by atomic mass is 9.92. The minimum Gasteiger partial charge on any atom is -0.453 e. The molecule has 0 bridgehead atoms. The Bertz CT molecular complexity index is 1060. The van der Waals surface area contributed by atoms with Crippen molar-refractivity contribution in [1.29, 1.82) is 0 Å². The van der Waals surface area contributed by atoms with Crippen LogP contribution in [0.15, 0.2) is 42.5 Å². The summed E-state index contributed by atoms with van der Waals surface area (Å²) in [4.78, 5) is 17.1. The molecule has 0 saturated carbocycles. The maximum atomic E-state index is 13.2. The molecule has 1 atom stereocenters. The Hall–Kier alpha value is -2.67. The molecule has 0 aliphatic carbocycles.